The summed E-state index contributed by atoms with van der Waals surface area (Å²) < 4.78 is 33.7. The minimum absolute atomic E-state index is 0.0575. The number of halogens is 1. The molecule has 0 aliphatic rings. The van der Waals surface area contributed by atoms with Gasteiger partial charge in [0.2, 0.25) is 10.0 Å². The molecule has 166 valence electrons. The van der Waals surface area contributed by atoms with Gasteiger partial charge in [0.1, 0.15) is 5.75 Å². The molecule has 3 rings (SSSR count). The third-order valence-corrected chi connectivity index (χ3v) is 6.59. The highest BCUT2D eigenvalue weighted by Crippen LogP contribution is 2.24. The van der Waals surface area contributed by atoms with E-state index in [1.54, 1.807) is 61.7 Å². The van der Waals surface area contributed by atoms with Crippen LogP contribution in [0, 0.1) is 6.92 Å². The fourth-order valence-electron chi connectivity index (χ4n) is 3.10. The number of aryl methyl sites for hydroxylation is 1. The van der Waals surface area contributed by atoms with Gasteiger partial charge < -0.3 is 4.74 Å². The van der Waals surface area contributed by atoms with Crippen LogP contribution in [0.4, 0.5) is 0 Å². The van der Waals surface area contributed by atoms with Crippen molar-refractivity contribution < 1.29 is 17.9 Å². The van der Waals surface area contributed by atoms with E-state index in [0.717, 1.165) is 16.9 Å². The molecule has 1 N–H and O–H groups in total. The van der Waals surface area contributed by atoms with Crippen LogP contribution in [0.1, 0.15) is 29.2 Å². The second-order valence-electron chi connectivity index (χ2n) is 7.32. The number of carbonyl (C=O) groups is 1. The number of methoxy groups -OCH3 is 1. The quantitative estimate of drug-likeness (QED) is 0.429. The molecule has 3 aromatic carbocycles. The van der Waals surface area contributed by atoms with Gasteiger partial charge in [-0.1, -0.05) is 59.6 Å². The van der Waals surface area contributed by atoms with E-state index in [2.05, 4.69) is 4.72 Å². The largest absolute Gasteiger partial charge is 0.497 e. The molecule has 0 heterocycles. The van der Waals surface area contributed by atoms with Crippen LogP contribution in [0.15, 0.2) is 83.8 Å². The lowest BCUT2D eigenvalue weighted by molar-refractivity contribution is -0.114. The van der Waals surface area contributed by atoms with Gasteiger partial charge in [0.25, 0.3) is 0 Å². The van der Waals surface area contributed by atoms with E-state index >= 15 is 0 Å². The molecule has 0 saturated carbocycles. The van der Waals surface area contributed by atoms with Crippen molar-refractivity contribution in [3.8, 4) is 5.75 Å². The summed E-state index contributed by atoms with van der Waals surface area (Å²) in [5, 5.41) is 0.461. The molecule has 0 radical (unpaired) electrons. The second kappa shape index (κ2) is 10.6. The van der Waals surface area contributed by atoms with E-state index < -0.39 is 16.1 Å². The zero-order chi connectivity index (χ0) is 23.1. The number of hydrogen-bond donors (Lipinski definition) is 1. The molecule has 3 aromatic rings. The number of allylic oxidation sites excluding steroid dienone is 1. The normalized spacial score (nSPS) is 12.6. The van der Waals surface area contributed by atoms with E-state index in [9.17, 15) is 13.2 Å². The lowest BCUT2D eigenvalue weighted by atomic mass is 10.0. The van der Waals surface area contributed by atoms with Crippen molar-refractivity contribution in [2.75, 3.05) is 7.11 Å². The topological polar surface area (TPSA) is 72.5 Å². The molecule has 1 unspecified atom stereocenters. The predicted octanol–water partition coefficient (Wildman–Crippen LogP) is 5.35. The Morgan fingerprint density at radius 2 is 1.75 bits per heavy atom. The smallest absolute Gasteiger partial charge is 0.241 e. The number of ketones is 1. The van der Waals surface area contributed by atoms with Gasteiger partial charge in [-0.15, -0.1) is 0 Å². The molecule has 0 amide bonds. The average Bonchev–Trinajstić information content (AvgIpc) is 2.78. The zero-order valence-electron chi connectivity index (χ0n) is 17.8. The first-order valence-corrected chi connectivity index (χ1v) is 11.8. The summed E-state index contributed by atoms with van der Waals surface area (Å²) in [5.74, 6) is 0.498. The molecular formula is C25H24ClNO4S. The van der Waals surface area contributed by atoms with Gasteiger partial charge in [-0.25, -0.2) is 13.1 Å². The fraction of sp³-hybridized carbons (Fsp3) is 0.160. The average molecular weight is 470 g/mol. The molecule has 0 bridgehead atoms. The molecule has 0 fully saturated rings. The number of rotatable bonds is 9. The highest BCUT2D eigenvalue weighted by Gasteiger charge is 2.23. The van der Waals surface area contributed by atoms with E-state index in [1.807, 2.05) is 19.1 Å². The number of ether oxygens (including phenoxy) is 1. The lowest BCUT2D eigenvalue weighted by Crippen LogP contribution is -2.30. The van der Waals surface area contributed by atoms with Gasteiger partial charge >= 0.3 is 0 Å². The lowest BCUT2D eigenvalue weighted by Gasteiger charge is -2.18. The first kappa shape index (κ1) is 23.7. The monoisotopic (exact) mass is 469 g/mol. The summed E-state index contributed by atoms with van der Waals surface area (Å²) in [6.45, 7) is 1.88. The van der Waals surface area contributed by atoms with Crippen molar-refractivity contribution in [1.82, 2.24) is 4.72 Å². The van der Waals surface area contributed by atoms with Crippen LogP contribution in [-0.2, 0) is 14.8 Å². The predicted molar refractivity (Wildman–Crippen MR) is 127 cm³/mol. The Morgan fingerprint density at radius 3 is 2.38 bits per heavy atom. The van der Waals surface area contributed by atoms with Gasteiger partial charge in [-0.3, -0.25) is 4.79 Å². The molecule has 0 aliphatic carbocycles. The minimum Gasteiger partial charge on any atom is -0.497 e. The second-order valence-corrected chi connectivity index (χ2v) is 9.47. The molecule has 0 saturated heterocycles. The van der Waals surface area contributed by atoms with Crippen molar-refractivity contribution >= 4 is 33.5 Å². The van der Waals surface area contributed by atoms with Crippen molar-refractivity contribution in [1.29, 1.82) is 0 Å². The van der Waals surface area contributed by atoms with Crippen molar-refractivity contribution in [3.05, 3.63) is 101 Å². The van der Waals surface area contributed by atoms with Crippen molar-refractivity contribution in [2.24, 2.45) is 0 Å². The van der Waals surface area contributed by atoms with Gasteiger partial charge in [0, 0.05) is 11.4 Å². The first-order valence-electron chi connectivity index (χ1n) is 9.96. The van der Waals surface area contributed by atoms with Gasteiger partial charge in [0.05, 0.1) is 18.0 Å². The van der Waals surface area contributed by atoms with Crippen molar-refractivity contribution in [2.45, 2.75) is 24.3 Å². The summed E-state index contributed by atoms with van der Waals surface area (Å²) in [6, 6.07) is 19.8. The Balaban J connectivity index is 1.81. The molecule has 5 nitrogen and oxygen atoms in total. The minimum atomic E-state index is -3.84. The van der Waals surface area contributed by atoms with Crippen LogP contribution in [0.3, 0.4) is 0 Å². The van der Waals surface area contributed by atoms with E-state index in [1.165, 1.54) is 18.2 Å². The highest BCUT2D eigenvalue weighted by atomic mass is 35.5. The Hall–Kier alpha value is -2.93. The number of benzene rings is 3. The summed E-state index contributed by atoms with van der Waals surface area (Å²) in [7, 11) is -2.26. The first-order chi connectivity index (χ1) is 15.3. The van der Waals surface area contributed by atoms with Gasteiger partial charge in [-0.05, 0) is 60.5 Å². The van der Waals surface area contributed by atoms with E-state index in [-0.39, 0.29) is 17.1 Å². The summed E-state index contributed by atoms with van der Waals surface area (Å²) >= 11 is 6.11. The molecular weight excluding hydrogens is 446 g/mol. The third-order valence-electron chi connectivity index (χ3n) is 4.86. The van der Waals surface area contributed by atoms with E-state index in [4.69, 9.17) is 16.3 Å². The maximum atomic E-state index is 12.9. The van der Waals surface area contributed by atoms with E-state index in [0.29, 0.717) is 10.6 Å². The maximum Gasteiger partial charge on any atom is 0.241 e. The van der Waals surface area contributed by atoms with Crippen LogP contribution in [0.5, 0.6) is 5.75 Å². The summed E-state index contributed by atoms with van der Waals surface area (Å²) in [5.41, 5.74) is 2.40. The Bertz CT molecular complexity index is 1200. The maximum absolute atomic E-state index is 12.9. The number of hydrogen-bond acceptors (Lipinski definition) is 4. The third kappa shape index (κ3) is 6.53. The number of sulfonamides is 1. The molecule has 0 aliphatic heterocycles. The van der Waals surface area contributed by atoms with Crippen LogP contribution in [-0.4, -0.2) is 21.3 Å². The standard InChI is InChI=1S/C25H24ClNO4S/c1-18-6-14-24(15-7-18)32(29,30)27-25(20-4-3-5-21(26)16-20)17-22(28)11-8-19-9-12-23(31-2)13-10-19/h3-16,25,27H,17H2,1-2H3/b11-8+. The molecule has 7 heteroatoms. The Morgan fingerprint density at radius 1 is 1.06 bits per heavy atom. The number of nitrogens with one attached hydrogen (secondary N) is 1. The van der Waals surface area contributed by atoms with Crippen LogP contribution in [0.2, 0.25) is 5.02 Å². The molecule has 0 spiro atoms. The molecule has 0 aromatic heterocycles. The van der Waals surface area contributed by atoms with Crippen LogP contribution >= 0.6 is 11.6 Å². The van der Waals surface area contributed by atoms with Gasteiger partial charge in [0.15, 0.2) is 5.78 Å². The zero-order valence-corrected chi connectivity index (χ0v) is 19.4. The Kier molecular flexibility index (Phi) is 7.85. The SMILES string of the molecule is COc1ccc(/C=C/C(=O)CC(NS(=O)(=O)c2ccc(C)cc2)c2cccc(Cl)c2)cc1. The van der Waals surface area contributed by atoms with Crippen LogP contribution in [0.25, 0.3) is 6.08 Å². The number of carbonyl (C=O) groups excluding carboxylic acids is 1. The van der Waals surface area contributed by atoms with Crippen molar-refractivity contribution in [3.63, 3.8) is 0 Å². The fourth-order valence-corrected chi connectivity index (χ4v) is 4.52. The Labute approximate surface area is 193 Å². The summed E-state index contributed by atoms with van der Waals surface area (Å²) in [4.78, 5) is 12.8. The van der Waals surface area contributed by atoms with Crippen LogP contribution < -0.4 is 9.46 Å². The highest BCUT2D eigenvalue weighted by molar-refractivity contribution is 7.89. The summed E-state index contributed by atoms with van der Waals surface area (Å²) in [6.07, 6.45) is 3.07. The van der Waals surface area contributed by atoms with Gasteiger partial charge in [-0.2, -0.15) is 0 Å². The molecule has 1 atom stereocenters. The molecule has 32 heavy (non-hydrogen) atoms.